The molecule has 0 saturated carbocycles. The lowest BCUT2D eigenvalue weighted by Gasteiger charge is -2.33. The van der Waals surface area contributed by atoms with Crippen molar-refractivity contribution in [1.82, 2.24) is 20.5 Å². The molecular weight excluding hydrogens is 499 g/mol. The molecule has 0 aliphatic carbocycles. The van der Waals surface area contributed by atoms with Crippen molar-refractivity contribution >= 4 is 46.7 Å². The number of para-hydroxylation sites is 1. The van der Waals surface area contributed by atoms with Gasteiger partial charge in [-0.3, -0.25) is 0 Å². The van der Waals surface area contributed by atoms with Crippen LogP contribution in [0, 0.1) is 0 Å². The maximum atomic E-state index is 4.93. The largest absolute Gasteiger partial charge is 0.363 e. The molecule has 1 fully saturated rings. The van der Waals surface area contributed by atoms with E-state index in [9.17, 15) is 0 Å². The number of aromatic nitrogens is 1. The van der Waals surface area contributed by atoms with Crippen LogP contribution in [0.2, 0.25) is 0 Å². The fourth-order valence-electron chi connectivity index (χ4n) is 3.95. The summed E-state index contributed by atoms with van der Waals surface area (Å²) in [5.74, 6) is 1.88. The molecule has 31 heavy (non-hydrogen) atoms. The van der Waals surface area contributed by atoms with Crippen LogP contribution in [0.3, 0.4) is 0 Å². The molecule has 2 heterocycles. The van der Waals surface area contributed by atoms with Gasteiger partial charge in [0.1, 0.15) is 5.82 Å². The Kier molecular flexibility index (Phi) is 10.8. The Labute approximate surface area is 204 Å². The van der Waals surface area contributed by atoms with Crippen LogP contribution in [0.5, 0.6) is 0 Å². The minimum atomic E-state index is 0. The number of aliphatic imine (C=N–C) groups is 1. The van der Waals surface area contributed by atoms with Crippen molar-refractivity contribution in [3.63, 3.8) is 0 Å². The minimum Gasteiger partial charge on any atom is -0.363 e. The standard InChI is InChI=1S/C24H38N6.HI/c1-5-7-14-30-15-12-20(13-16-30)27-24(25-6-2)26-18-19-17-23(29(3)4)28-22-11-9-8-10-21(19)22;/h8-11,17,20H,5-7,12-16,18H2,1-4H3,(H2,25,26,27);1H. The van der Waals surface area contributed by atoms with Crippen molar-refractivity contribution in [2.75, 3.05) is 45.2 Å². The summed E-state index contributed by atoms with van der Waals surface area (Å²) in [6, 6.07) is 11.0. The van der Waals surface area contributed by atoms with Crippen LogP contribution in [-0.2, 0) is 6.54 Å². The van der Waals surface area contributed by atoms with E-state index in [1.807, 2.05) is 20.2 Å². The van der Waals surface area contributed by atoms with Gasteiger partial charge in [-0.05, 0) is 50.4 Å². The monoisotopic (exact) mass is 538 g/mol. The van der Waals surface area contributed by atoms with E-state index in [1.165, 1.54) is 56.3 Å². The van der Waals surface area contributed by atoms with Crippen molar-refractivity contribution < 1.29 is 0 Å². The van der Waals surface area contributed by atoms with Gasteiger partial charge in [0.15, 0.2) is 5.96 Å². The van der Waals surface area contributed by atoms with E-state index in [0.29, 0.717) is 12.6 Å². The molecule has 2 N–H and O–H groups in total. The maximum absolute atomic E-state index is 4.93. The number of anilines is 1. The first-order chi connectivity index (χ1) is 14.6. The molecule has 1 aromatic heterocycles. The van der Waals surface area contributed by atoms with Gasteiger partial charge < -0.3 is 20.4 Å². The molecule has 0 unspecified atom stereocenters. The Hall–Kier alpha value is -1.61. The summed E-state index contributed by atoms with van der Waals surface area (Å²) in [5.41, 5.74) is 2.22. The van der Waals surface area contributed by atoms with Crippen molar-refractivity contribution in [2.45, 2.75) is 52.1 Å². The fourth-order valence-corrected chi connectivity index (χ4v) is 3.95. The van der Waals surface area contributed by atoms with E-state index >= 15 is 0 Å². The van der Waals surface area contributed by atoms with Gasteiger partial charge in [0.05, 0.1) is 12.1 Å². The van der Waals surface area contributed by atoms with E-state index in [1.54, 1.807) is 0 Å². The number of hydrogen-bond donors (Lipinski definition) is 2. The number of nitrogens with one attached hydrogen (secondary N) is 2. The van der Waals surface area contributed by atoms with Crippen LogP contribution < -0.4 is 15.5 Å². The highest BCUT2D eigenvalue weighted by Crippen LogP contribution is 2.22. The summed E-state index contributed by atoms with van der Waals surface area (Å²) < 4.78 is 0. The Morgan fingerprint density at radius 2 is 1.94 bits per heavy atom. The molecule has 2 aromatic rings. The average Bonchev–Trinajstić information content (AvgIpc) is 2.76. The molecular formula is C24H39IN6. The number of unbranched alkanes of at least 4 members (excludes halogenated alkanes) is 1. The fraction of sp³-hybridized carbons (Fsp3) is 0.583. The molecule has 0 spiro atoms. The zero-order valence-corrected chi connectivity index (χ0v) is 21.9. The van der Waals surface area contributed by atoms with E-state index in [0.717, 1.165) is 23.8 Å². The van der Waals surface area contributed by atoms with E-state index < -0.39 is 0 Å². The van der Waals surface area contributed by atoms with Gasteiger partial charge in [-0.2, -0.15) is 0 Å². The second-order valence-electron chi connectivity index (χ2n) is 8.36. The number of rotatable bonds is 8. The Morgan fingerprint density at radius 3 is 2.61 bits per heavy atom. The number of piperidine rings is 1. The van der Waals surface area contributed by atoms with Gasteiger partial charge >= 0.3 is 0 Å². The zero-order chi connectivity index (χ0) is 21.3. The summed E-state index contributed by atoms with van der Waals surface area (Å²) >= 11 is 0. The van der Waals surface area contributed by atoms with Gasteiger partial charge in [0.25, 0.3) is 0 Å². The van der Waals surface area contributed by atoms with Gasteiger partial charge in [-0.25, -0.2) is 9.98 Å². The molecule has 1 saturated heterocycles. The molecule has 0 bridgehead atoms. The SMILES string of the molecule is CCCCN1CCC(NC(=NCc2cc(N(C)C)nc3ccccc23)NCC)CC1.I. The molecule has 0 atom stereocenters. The molecule has 0 amide bonds. The summed E-state index contributed by atoms with van der Waals surface area (Å²) in [4.78, 5) is 14.3. The first-order valence-electron chi connectivity index (χ1n) is 11.4. The average molecular weight is 539 g/mol. The third kappa shape index (κ3) is 7.49. The van der Waals surface area contributed by atoms with Crippen LogP contribution in [0.1, 0.15) is 45.1 Å². The van der Waals surface area contributed by atoms with E-state index in [-0.39, 0.29) is 24.0 Å². The Bertz CT molecular complexity index is 830. The van der Waals surface area contributed by atoms with Crippen LogP contribution in [0.15, 0.2) is 35.3 Å². The number of hydrogen-bond acceptors (Lipinski definition) is 4. The van der Waals surface area contributed by atoms with Crippen molar-refractivity contribution in [3.8, 4) is 0 Å². The van der Waals surface area contributed by atoms with E-state index in [4.69, 9.17) is 9.98 Å². The van der Waals surface area contributed by atoms with Gasteiger partial charge in [0, 0.05) is 45.2 Å². The summed E-state index contributed by atoms with van der Waals surface area (Å²) in [6.07, 6.45) is 4.93. The molecule has 6 nitrogen and oxygen atoms in total. The molecule has 3 rings (SSSR count). The number of halogens is 1. The molecule has 1 aliphatic rings. The first-order valence-corrected chi connectivity index (χ1v) is 11.4. The Morgan fingerprint density at radius 1 is 1.19 bits per heavy atom. The smallest absolute Gasteiger partial charge is 0.191 e. The van der Waals surface area contributed by atoms with Crippen LogP contribution in [0.4, 0.5) is 5.82 Å². The molecule has 172 valence electrons. The highest BCUT2D eigenvalue weighted by molar-refractivity contribution is 14.0. The van der Waals surface area contributed by atoms with Crippen LogP contribution >= 0.6 is 24.0 Å². The summed E-state index contributed by atoms with van der Waals surface area (Å²) in [5, 5.41) is 8.28. The number of likely N-dealkylation sites (tertiary alicyclic amines) is 1. The lowest BCUT2D eigenvalue weighted by Crippen LogP contribution is -2.48. The maximum Gasteiger partial charge on any atom is 0.191 e. The number of pyridine rings is 1. The minimum absolute atomic E-state index is 0. The summed E-state index contributed by atoms with van der Waals surface area (Å²) in [6.45, 7) is 9.48. The lowest BCUT2D eigenvalue weighted by molar-refractivity contribution is 0.203. The molecule has 1 aromatic carbocycles. The zero-order valence-electron chi connectivity index (χ0n) is 19.5. The third-order valence-electron chi connectivity index (χ3n) is 5.75. The molecule has 0 radical (unpaired) electrons. The second kappa shape index (κ2) is 13.1. The number of fused-ring (bicyclic) bond motifs is 1. The number of benzene rings is 1. The van der Waals surface area contributed by atoms with Gasteiger partial charge in [-0.1, -0.05) is 31.5 Å². The van der Waals surface area contributed by atoms with Crippen LogP contribution in [0.25, 0.3) is 10.9 Å². The predicted molar refractivity (Wildman–Crippen MR) is 144 cm³/mol. The van der Waals surface area contributed by atoms with E-state index in [2.05, 4.69) is 58.5 Å². The highest BCUT2D eigenvalue weighted by Gasteiger charge is 2.19. The highest BCUT2D eigenvalue weighted by atomic mass is 127. The van der Waals surface area contributed by atoms with Gasteiger partial charge in [-0.15, -0.1) is 24.0 Å². The Balaban J connectivity index is 0.00000341. The first kappa shape index (κ1) is 25.6. The lowest BCUT2D eigenvalue weighted by atomic mass is 10.0. The number of guanidine groups is 1. The second-order valence-corrected chi connectivity index (χ2v) is 8.36. The van der Waals surface area contributed by atoms with Crippen LogP contribution in [-0.4, -0.2) is 62.2 Å². The quantitative estimate of drug-likeness (QED) is 0.299. The normalized spacial score (nSPS) is 15.5. The molecule has 1 aliphatic heterocycles. The predicted octanol–water partition coefficient (Wildman–Crippen LogP) is 4.24. The topological polar surface area (TPSA) is 55.8 Å². The molecule has 7 heteroatoms. The van der Waals surface area contributed by atoms with Crippen molar-refractivity contribution in [3.05, 3.63) is 35.9 Å². The van der Waals surface area contributed by atoms with Crippen molar-refractivity contribution in [1.29, 1.82) is 0 Å². The number of nitrogens with zero attached hydrogens (tertiary/aromatic N) is 4. The third-order valence-corrected chi connectivity index (χ3v) is 5.75. The van der Waals surface area contributed by atoms with Crippen molar-refractivity contribution in [2.24, 2.45) is 4.99 Å². The summed E-state index contributed by atoms with van der Waals surface area (Å²) in [7, 11) is 4.06. The van der Waals surface area contributed by atoms with Gasteiger partial charge in [0.2, 0.25) is 0 Å².